The number of piperidine rings is 1. The Balaban J connectivity index is 1.37. The van der Waals surface area contributed by atoms with Crippen LogP contribution in [0.15, 0.2) is 10.6 Å². The molecule has 4 heterocycles. The van der Waals surface area contributed by atoms with Gasteiger partial charge in [-0.1, -0.05) is 0 Å². The fourth-order valence-electron chi connectivity index (χ4n) is 3.97. The first-order chi connectivity index (χ1) is 13.5. The van der Waals surface area contributed by atoms with Gasteiger partial charge in [-0.15, -0.1) is 11.3 Å². The number of nitrogens with zero attached hydrogens (tertiary/aromatic N) is 4. The molecule has 0 aromatic carbocycles. The molecule has 1 fully saturated rings. The van der Waals surface area contributed by atoms with Crippen molar-refractivity contribution in [3.05, 3.63) is 33.9 Å². The van der Waals surface area contributed by atoms with E-state index in [1.54, 1.807) is 13.2 Å². The van der Waals surface area contributed by atoms with Crippen molar-refractivity contribution in [1.29, 1.82) is 0 Å². The maximum atomic E-state index is 12.6. The highest BCUT2D eigenvalue weighted by atomic mass is 32.1. The summed E-state index contributed by atoms with van der Waals surface area (Å²) in [5.41, 5.74) is 2.49. The van der Waals surface area contributed by atoms with Crippen molar-refractivity contribution < 1.29 is 14.1 Å². The van der Waals surface area contributed by atoms with Crippen molar-refractivity contribution >= 4 is 22.1 Å². The topological polar surface area (TPSA) is 72.9 Å². The van der Waals surface area contributed by atoms with Crippen LogP contribution >= 0.6 is 11.3 Å². The van der Waals surface area contributed by atoms with Crippen molar-refractivity contribution in [2.45, 2.75) is 52.4 Å². The van der Waals surface area contributed by atoms with Gasteiger partial charge in [0.2, 0.25) is 5.91 Å². The smallest absolute Gasteiger partial charge is 0.254 e. The van der Waals surface area contributed by atoms with Crippen LogP contribution in [0.25, 0.3) is 4.83 Å². The summed E-state index contributed by atoms with van der Waals surface area (Å²) in [6.45, 7) is 7.96. The lowest BCUT2D eigenvalue weighted by molar-refractivity contribution is -0.132. The molecule has 0 unspecified atom stereocenters. The van der Waals surface area contributed by atoms with Crippen LogP contribution in [0.1, 0.15) is 53.0 Å². The minimum atomic E-state index is 0.169. The Bertz CT molecular complexity index is 995. The molecule has 0 aliphatic carbocycles. The third-order valence-corrected chi connectivity index (χ3v) is 6.88. The standard InChI is InChI=1S/C20H26N4O3S/c1-12-13(2)28-20-19(21-14(3)24(12)20)15-7-9-23(10-8-15)18(25)6-5-16-11-17(26-4)22-27-16/h11,15H,5-10H2,1-4H3. The number of carbonyl (C=O) groups is 1. The Kier molecular flexibility index (Phi) is 5.14. The Morgan fingerprint density at radius 3 is 2.75 bits per heavy atom. The van der Waals surface area contributed by atoms with E-state index in [9.17, 15) is 4.79 Å². The largest absolute Gasteiger partial charge is 0.479 e. The van der Waals surface area contributed by atoms with Gasteiger partial charge in [0.25, 0.3) is 5.88 Å². The van der Waals surface area contributed by atoms with Crippen LogP contribution in [0.3, 0.4) is 0 Å². The van der Waals surface area contributed by atoms with Crippen LogP contribution in [-0.4, -0.2) is 45.5 Å². The second-order valence-corrected chi connectivity index (χ2v) is 8.62. The zero-order valence-electron chi connectivity index (χ0n) is 16.8. The first-order valence-corrected chi connectivity index (χ1v) is 10.5. The maximum absolute atomic E-state index is 12.6. The third-order valence-electron chi connectivity index (χ3n) is 5.69. The summed E-state index contributed by atoms with van der Waals surface area (Å²) in [6, 6.07) is 1.73. The van der Waals surface area contributed by atoms with E-state index in [1.165, 1.54) is 21.1 Å². The van der Waals surface area contributed by atoms with E-state index in [2.05, 4.69) is 30.3 Å². The maximum Gasteiger partial charge on any atom is 0.254 e. The quantitative estimate of drug-likeness (QED) is 0.651. The number of likely N-dealkylation sites (tertiary alicyclic amines) is 1. The van der Waals surface area contributed by atoms with E-state index in [0.29, 0.717) is 30.4 Å². The highest BCUT2D eigenvalue weighted by Gasteiger charge is 2.28. The predicted molar refractivity (Wildman–Crippen MR) is 107 cm³/mol. The molecule has 28 heavy (non-hydrogen) atoms. The van der Waals surface area contributed by atoms with E-state index in [0.717, 1.165) is 31.8 Å². The average molecular weight is 403 g/mol. The van der Waals surface area contributed by atoms with E-state index >= 15 is 0 Å². The highest BCUT2D eigenvalue weighted by molar-refractivity contribution is 7.17. The molecule has 1 aliphatic rings. The van der Waals surface area contributed by atoms with Crippen LogP contribution in [0.2, 0.25) is 0 Å². The third kappa shape index (κ3) is 3.41. The van der Waals surface area contributed by atoms with E-state index in [4.69, 9.17) is 14.2 Å². The number of rotatable bonds is 5. The summed E-state index contributed by atoms with van der Waals surface area (Å²) >= 11 is 1.83. The number of aromatic nitrogens is 3. The molecular formula is C20H26N4O3S. The number of methoxy groups -OCH3 is 1. The molecule has 150 valence electrons. The van der Waals surface area contributed by atoms with Gasteiger partial charge in [0, 0.05) is 48.5 Å². The zero-order valence-corrected chi connectivity index (χ0v) is 17.6. The predicted octanol–water partition coefficient (Wildman–Crippen LogP) is 3.66. The molecule has 0 bridgehead atoms. The van der Waals surface area contributed by atoms with Gasteiger partial charge in [0.1, 0.15) is 16.4 Å². The van der Waals surface area contributed by atoms with Gasteiger partial charge in [0.15, 0.2) is 0 Å². The van der Waals surface area contributed by atoms with E-state index in [1.807, 2.05) is 16.2 Å². The summed E-state index contributed by atoms with van der Waals surface area (Å²) in [5, 5.41) is 3.77. The van der Waals surface area contributed by atoms with Gasteiger partial charge in [-0.3, -0.25) is 9.20 Å². The number of fused-ring (bicyclic) bond motifs is 1. The first kappa shape index (κ1) is 19.0. The van der Waals surface area contributed by atoms with Crippen LogP contribution < -0.4 is 4.74 Å². The first-order valence-electron chi connectivity index (χ1n) is 9.70. The summed E-state index contributed by atoms with van der Waals surface area (Å²) < 4.78 is 12.5. The molecule has 8 heteroatoms. The number of carbonyl (C=O) groups excluding carboxylic acids is 1. The Hall–Kier alpha value is -2.35. The summed E-state index contributed by atoms with van der Waals surface area (Å²) in [6.07, 6.45) is 2.90. The number of ether oxygens (including phenoxy) is 1. The van der Waals surface area contributed by atoms with E-state index < -0.39 is 0 Å². The van der Waals surface area contributed by atoms with Crippen molar-refractivity contribution in [2.24, 2.45) is 0 Å². The molecular weight excluding hydrogens is 376 g/mol. The monoisotopic (exact) mass is 402 g/mol. The number of amides is 1. The fraction of sp³-hybridized carbons (Fsp3) is 0.550. The normalized spacial score (nSPS) is 15.5. The van der Waals surface area contributed by atoms with Crippen molar-refractivity contribution in [3.8, 4) is 5.88 Å². The molecule has 1 aliphatic heterocycles. The second kappa shape index (κ2) is 7.58. The lowest BCUT2D eigenvalue weighted by Gasteiger charge is -2.31. The van der Waals surface area contributed by atoms with Gasteiger partial charge in [0.05, 0.1) is 12.8 Å². The van der Waals surface area contributed by atoms with Crippen LogP contribution in [0.4, 0.5) is 0 Å². The SMILES string of the molecule is COc1cc(CCC(=O)N2CCC(c3nc(C)n4c(C)c(C)sc34)CC2)on1. The summed E-state index contributed by atoms with van der Waals surface area (Å²) in [4.78, 5) is 22.0. The van der Waals surface area contributed by atoms with Crippen molar-refractivity contribution in [1.82, 2.24) is 19.4 Å². The Morgan fingerprint density at radius 1 is 1.32 bits per heavy atom. The molecule has 1 saturated heterocycles. The Labute approximate surface area is 168 Å². The lowest BCUT2D eigenvalue weighted by Crippen LogP contribution is -2.38. The zero-order chi connectivity index (χ0) is 19.8. The van der Waals surface area contributed by atoms with Gasteiger partial charge in [-0.25, -0.2) is 4.98 Å². The number of hydrogen-bond donors (Lipinski definition) is 0. The molecule has 7 nitrogen and oxygen atoms in total. The molecule has 0 spiro atoms. The van der Waals surface area contributed by atoms with Crippen LogP contribution in [-0.2, 0) is 11.2 Å². The summed E-state index contributed by atoms with van der Waals surface area (Å²) in [7, 11) is 1.55. The molecule has 1 amide bonds. The minimum Gasteiger partial charge on any atom is -0.479 e. The fourth-order valence-corrected chi connectivity index (χ4v) is 5.17. The van der Waals surface area contributed by atoms with Crippen molar-refractivity contribution in [3.63, 3.8) is 0 Å². The van der Waals surface area contributed by atoms with E-state index in [-0.39, 0.29) is 5.91 Å². The summed E-state index contributed by atoms with van der Waals surface area (Å²) in [5.74, 6) is 2.78. The number of thiazole rings is 1. The molecule has 0 saturated carbocycles. The molecule has 4 rings (SSSR count). The highest BCUT2D eigenvalue weighted by Crippen LogP contribution is 2.35. The molecule has 0 N–H and O–H groups in total. The molecule has 0 radical (unpaired) electrons. The molecule has 0 atom stereocenters. The van der Waals surface area contributed by atoms with Crippen LogP contribution in [0, 0.1) is 20.8 Å². The Morgan fingerprint density at radius 2 is 2.07 bits per heavy atom. The van der Waals surface area contributed by atoms with Gasteiger partial charge < -0.3 is 14.2 Å². The lowest BCUT2D eigenvalue weighted by atomic mass is 9.93. The average Bonchev–Trinajstić information content (AvgIpc) is 3.37. The number of hydrogen-bond acceptors (Lipinski definition) is 6. The van der Waals surface area contributed by atoms with Crippen molar-refractivity contribution in [2.75, 3.05) is 20.2 Å². The number of imidazole rings is 1. The van der Waals surface area contributed by atoms with Gasteiger partial charge in [-0.05, 0) is 38.8 Å². The second-order valence-electron chi connectivity index (χ2n) is 7.42. The molecule has 3 aromatic heterocycles. The van der Waals surface area contributed by atoms with Crippen LogP contribution in [0.5, 0.6) is 5.88 Å². The van der Waals surface area contributed by atoms with Gasteiger partial charge >= 0.3 is 0 Å². The number of aryl methyl sites for hydroxylation is 4. The van der Waals surface area contributed by atoms with Gasteiger partial charge in [-0.2, -0.15) is 0 Å². The minimum absolute atomic E-state index is 0.169. The molecule has 3 aromatic rings.